The molecule has 0 aliphatic carbocycles. The quantitative estimate of drug-likeness (QED) is 0.113. The van der Waals surface area contributed by atoms with Crippen molar-refractivity contribution in [1.82, 2.24) is 9.97 Å². The van der Waals surface area contributed by atoms with Gasteiger partial charge in [0.15, 0.2) is 0 Å². The molecule has 0 spiro atoms. The fourth-order valence-electron chi connectivity index (χ4n) is 8.97. The first-order valence-corrected chi connectivity index (χ1v) is 26.6. The van der Waals surface area contributed by atoms with Crippen molar-refractivity contribution in [2.24, 2.45) is 20.0 Å². The Bertz CT molecular complexity index is 3060. The first kappa shape index (κ1) is 63.7. The first-order valence-electron chi connectivity index (χ1n) is 26.6. The minimum Gasteiger partial charge on any atom is -0.873 e. The number of aryl methyl sites for hydroxylation is 4. The van der Waals surface area contributed by atoms with E-state index in [4.69, 9.17) is 29.9 Å². The minimum absolute atomic E-state index is 0. The molecule has 6 aromatic carbocycles. The number of fused-ring (bicyclic) bond motifs is 1. The average Bonchev–Trinajstić information content (AvgIpc) is 3.41. The van der Waals surface area contributed by atoms with Gasteiger partial charge in [-0.05, 0) is 159 Å². The Morgan fingerprint density at radius 1 is 0.333 bits per heavy atom. The molecule has 8 aromatic rings. The molecule has 2 radical (unpaired) electrons. The Labute approximate surface area is 485 Å². The van der Waals surface area contributed by atoms with Gasteiger partial charge in [0, 0.05) is 33.6 Å². The number of benzene rings is 6. The van der Waals surface area contributed by atoms with E-state index in [1.807, 2.05) is 88.4 Å². The summed E-state index contributed by atoms with van der Waals surface area (Å²) in [4.78, 5) is 29.8. The summed E-state index contributed by atoms with van der Waals surface area (Å²) in [5, 5.41) is 23.5. The zero-order valence-electron chi connectivity index (χ0n) is 48.3. The maximum atomic E-state index is 10.9. The normalized spacial score (nSPS) is 12.0. The van der Waals surface area contributed by atoms with Gasteiger partial charge in [-0.25, -0.2) is 9.97 Å². The Morgan fingerprint density at radius 2 is 0.551 bits per heavy atom. The Hall–Kier alpha value is -6.83. The molecule has 0 N–H and O–H groups in total. The number of nitrogens with zero attached hydrogens (tertiary/aromatic N) is 6. The second-order valence-electron chi connectivity index (χ2n) is 20.9. The molecule has 2 heterocycles. The molecular weight excluding hydrogens is 1050 g/mol. The molecule has 0 unspecified atom stereocenters. The monoisotopic (exact) mass is 1130 g/mol. The van der Waals surface area contributed by atoms with Crippen LogP contribution >= 0.6 is 0 Å². The van der Waals surface area contributed by atoms with Gasteiger partial charge in [0.25, 0.3) is 0 Å². The van der Waals surface area contributed by atoms with Gasteiger partial charge >= 0.3 is 0 Å². The van der Waals surface area contributed by atoms with Crippen molar-refractivity contribution in [2.75, 3.05) is 0 Å². The molecule has 0 aliphatic heterocycles. The van der Waals surface area contributed by atoms with E-state index in [0.29, 0.717) is 23.7 Å². The number of hydrogen-bond acceptors (Lipinski definition) is 8. The molecule has 0 saturated carbocycles. The molecule has 0 saturated heterocycles. The standard InChI is InChI=1S/2C29H35N3.C10H8O2.2Co/c2*1-18(2)24-14-9-12-20(5)28(24)30-22(7)26-16-11-17-27(32-26)23(8)31-29-21(6)13-10-15-25(29)19(3)4;11-9-5-7-3-1-2-4-8(7)6-10(9)12;;/h2*9-19H,1-8H3;1-6,11-12H;;/p-2. The summed E-state index contributed by atoms with van der Waals surface area (Å²) < 4.78 is 0. The number of hydrogen-bond donors (Lipinski definition) is 0. The van der Waals surface area contributed by atoms with Gasteiger partial charge in [0.2, 0.25) is 0 Å². The van der Waals surface area contributed by atoms with Crippen LogP contribution in [0.25, 0.3) is 10.8 Å². The van der Waals surface area contributed by atoms with Crippen molar-refractivity contribution in [3.8, 4) is 11.5 Å². The summed E-state index contributed by atoms with van der Waals surface area (Å²) in [5.74, 6) is 0.792. The zero-order chi connectivity index (χ0) is 55.4. The second-order valence-corrected chi connectivity index (χ2v) is 20.9. The van der Waals surface area contributed by atoms with Gasteiger partial charge in [-0.2, -0.15) is 0 Å². The van der Waals surface area contributed by atoms with E-state index in [2.05, 4.69) is 156 Å². The van der Waals surface area contributed by atoms with E-state index in [0.717, 1.165) is 79.1 Å². The van der Waals surface area contributed by atoms with E-state index < -0.39 is 11.5 Å². The molecule has 410 valence electrons. The third-order valence-electron chi connectivity index (χ3n) is 13.5. The Balaban J connectivity index is 0.000000271. The fourth-order valence-corrected chi connectivity index (χ4v) is 8.97. The van der Waals surface area contributed by atoms with Crippen LogP contribution in [0, 0.1) is 27.7 Å². The van der Waals surface area contributed by atoms with Crippen LogP contribution in [0.15, 0.2) is 166 Å². The summed E-state index contributed by atoms with van der Waals surface area (Å²) in [6.45, 7) is 34.3. The first-order chi connectivity index (χ1) is 36.1. The van der Waals surface area contributed by atoms with Crippen LogP contribution in [0.3, 0.4) is 0 Å². The maximum Gasteiger partial charge on any atom is 0.0849 e. The molecule has 2 aromatic heterocycles. The van der Waals surface area contributed by atoms with Crippen molar-refractivity contribution in [1.29, 1.82) is 0 Å². The van der Waals surface area contributed by atoms with Gasteiger partial charge in [0.1, 0.15) is 0 Å². The predicted molar refractivity (Wildman–Crippen MR) is 320 cm³/mol. The van der Waals surface area contributed by atoms with Crippen molar-refractivity contribution in [3.63, 3.8) is 0 Å². The molecule has 8 rings (SSSR count). The van der Waals surface area contributed by atoms with Crippen molar-refractivity contribution in [2.45, 2.75) is 134 Å². The van der Waals surface area contributed by atoms with E-state index in [-0.39, 0.29) is 33.6 Å². The van der Waals surface area contributed by atoms with Crippen molar-refractivity contribution in [3.05, 3.63) is 213 Å². The van der Waals surface area contributed by atoms with Crippen LogP contribution in [0.5, 0.6) is 11.5 Å². The van der Waals surface area contributed by atoms with Crippen LogP contribution in [0.4, 0.5) is 22.7 Å². The summed E-state index contributed by atoms with van der Waals surface area (Å²) in [5.41, 5.74) is 21.2. The van der Waals surface area contributed by atoms with Gasteiger partial charge < -0.3 is 10.2 Å². The van der Waals surface area contributed by atoms with E-state index in [1.165, 1.54) is 56.6 Å². The molecule has 10 heteroatoms. The smallest absolute Gasteiger partial charge is 0.0849 e. The molecule has 0 amide bonds. The topological polar surface area (TPSA) is 121 Å². The van der Waals surface area contributed by atoms with Gasteiger partial charge in [-0.15, -0.1) is 11.5 Å². The zero-order valence-corrected chi connectivity index (χ0v) is 50.4. The van der Waals surface area contributed by atoms with Crippen LogP contribution in [0.2, 0.25) is 0 Å². The van der Waals surface area contributed by atoms with Crippen LogP contribution in [-0.4, -0.2) is 32.8 Å². The molecule has 8 nitrogen and oxygen atoms in total. The third-order valence-corrected chi connectivity index (χ3v) is 13.5. The van der Waals surface area contributed by atoms with Gasteiger partial charge in [-0.1, -0.05) is 177 Å². The van der Waals surface area contributed by atoms with Crippen molar-refractivity contribution < 1.29 is 43.8 Å². The number of aliphatic imine (C=N–C) groups is 4. The molecular formula is C68H76Co2N6O2-2. The average molecular weight is 1130 g/mol. The number of para-hydroxylation sites is 4. The molecule has 78 heavy (non-hydrogen) atoms. The maximum absolute atomic E-state index is 10.9. The number of rotatable bonds is 12. The largest absolute Gasteiger partial charge is 0.873 e. The summed E-state index contributed by atoms with van der Waals surface area (Å²) in [6, 6.07) is 47.8. The van der Waals surface area contributed by atoms with Crippen molar-refractivity contribution >= 4 is 56.4 Å². The Kier molecular flexibility index (Phi) is 23.9. The van der Waals surface area contributed by atoms with Crippen LogP contribution in [0.1, 0.15) is 174 Å². The van der Waals surface area contributed by atoms with E-state index >= 15 is 0 Å². The van der Waals surface area contributed by atoms with E-state index in [1.54, 1.807) is 0 Å². The second kappa shape index (κ2) is 29.2. The summed E-state index contributed by atoms with van der Waals surface area (Å²) in [7, 11) is 0. The van der Waals surface area contributed by atoms with Gasteiger partial charge in [-0.3, -0.25) is 20.0 Å². The fraction of sp³-hybridized carbons (Fsp3) is 0.294. The van der Waals surface area contributed by atoms with Gasteiger partial charge in [0.05, 0.1) is 68.4 Å². The molecule has 0 fully saturated rings. The summed E-state index contributed by atoms with van der Waals surface area (Å²) in [6.07, 6.45) is 0. The Morgan fingerprint density at radius 3 is 0.769 bits per heavy atom. The number of pyridine rings is 2. The predicted octanol–water partition coefficient (Wildman–Crippen LogP) is 17.4. The molecule has 0 aliphatic rings. The molecule has 0 bridgehead atoms. The SMILES string of the molecule is CC(=Nc1c(C)cccc1C(C)C)c1cccc(C(C)=Nc2c(C)cccc2C(C)C)n1.CC(=Nc1c(C)cccc1C(C)C)c1cccc(C(C)=Nc2c(C)cccc2C(C)C)n1.[Co].[Co].[O-]c1cc2ccccc2cc1[O-]. The summed E-state index contributed by atoms with van der Waals surface area (Å²) >= 11 is 0. The third kappa shape index (κ3) is 16.4. The minimum atomic E-state index is -0.436. The number of aromatic nitrogens is 2. The van der Waals surface area contributed by atoms with Crippen LogP contribution < -0.4 is 10.2 Å². The van der Waals surface area contributed by atoms with E-state index in [9.17, 15) is 10.2 Å². The molecule has 0 atom stereocenters. The van der Waals surface area contributed by atoms with Crippen LogP contribution in [-0.2, 0) is 33.6 Å².